The third kappa shape index (κ3) is 4.56. The molecule has 0 saturated heterocycles. The maximum Gasteiger partial charge on any atom is 0.203 e. The quantitative estimate of drug-likeness (QED) is 0.622. The van der Waals surface area contributed by atoms with Crippen LogP contribution in [0.15, 0.2) is 35.3 Å². The van der Waals surface area contributed by atoms with E-state index in [1.54, 1.807) is 21.3 Å². The Bertz CT molecular complexity index is 752. The van der Waals surface area contributed by atoms with Gasteiger partial charge < -0.3 is 25.3 Å². The van der Waals surface area contributed by atoms with Crippen LogP contribution in [0.1, 0.15) is 16.7 Å². The average Bonchev–Trinajstić information content (AvgIpc) is 2.57. The Morgan fingerprint density at radius 3 is 2.16 bits per heavy atom. The normalized spacial score (nSPS) is 11.2. The summed E-state index contributed by atoms with van der Waals surface area (Å²) in [7, 11) is 4.74. The molecule has 0 unspecified atom stereocenters. The van der Waals surface area contributed by atoms with Crippen LogP contribution in [0.25, 0.3) is 0 Å². The van der Waals surface area contributed by atoms with Crippen molar-refractivity contribution in [1.82, 2.24) is 0 Å². The van der Waals surface area contributed by atoms with E-state index in [2.05, 4.69) is 16.4 Å². The largest absolute Gasteiger partial charge is 0.493 e. The molecule has 0 atom stereocenters. The van der Waals surface area contributed by atoms with Crippen LogP contribution in [0.3, 0.4) is 0 Å². The molecule has 0 heterocycles. The lowest BCUT2D eigenvalue weighted by Gasteiger charge is -2.15. The van der Waals surface area contributed by atoms with Crippen molar-refractivity contribution in [2.45, 2.75) is 20.4 Å². The van der Waals surface area contributed by atoms with Crippen LogP contribution >= 0.6 is 0 Å². The fourth-order valence-corrected chi connectivity index (χ4v) is 2.69. The van der Waals surface area contributed by atoms with Crippen molar-refractivity contribution in [3.8, 4) is 17.2 Å². The van der Waals surface area contributed by atoms with E-state index < -0.39 is 0 Å². The molecule has 0 aliphatic carbocycles. The number of hydrogen-bond acceptors (Lipinski definition) is 4. The highest BCUT2D eigenvalue weighted by atomic mass is 16.5. The van der Waals surface area contributed by atoms with Crippen LogP contribution in [0.2, 0.25) is 0 Å². The summed E-state index contributed by atoms with van der Waals surface area (Å²) in [6, 6.07) is 9.85. The maximum atomic E-state index is 6.01. The number of anilines is 1. The van der Waals surface area contributed by atoms with Crippen molar-refractivity contribution >= 4 is 11.6 Å². The summed E-state index contributed by atoms with van der Waals surface area (Å²) < 4.78 is 16.1. The van der Waals surface area contributed by atoms with E-state index in [0.29, 0.717) is 29.8 Å². The SMILES string of the molecule is COc1ccc(CN=C(N)Nc2cc(C)cc(C)c2)c(OC)c1OC. The van der Waals surface area contributed by atoms with Gasteiger partial charge in [0.2, 0.25) is 5.75 Å². The predicted octanol–water partition coefficient (Wildman–Crippen LogP) is 3.26. The van der Waals surface area contributed by atoms with Gasteiger partial charge in [-0.25, -0.2) is 4.99 Å². The molecular weight excluding hydrogens is 318 g/mol. The van der Waals surface area contributed by atoms with Gasteiger partial charge in [-0.15, -0.1) is 0 Å². The molecule has 2 aromatic rings. The molecule has 0 aliphatic rings. The molecule has 0 amide bonds. The van der Waals surface area contributed by atoms with E-state index in [9.17, 15) is 0 Å². The number of guanidine groups is 1. The van der Waals surface area contributed by atoms with Gasteiger partial charge >= 0.3 is 0 Å². The molecule has 134 valence electrons. The maximum absolute atomic E-state index is 6.01. The molecule has 0 saturated carbocycles. The summed E-state index contributed by atoms with van der Waals surface area (Å²) in [5.41, 5.74) is 10.1. The second-order valence-corrected chi connectivity index (χ2v) is 5.70. The number of nitrogens with zero attached hydrogens (tertiary/aromatic N) is 1. The number of methoxy groups -OCH3 is 3. The van der Waals surface area contributed by atoms with Crippen LogP contribution in [-0.2, 0) is 6.54 Å². The number of ether oxygens (including phenoxy) is 3. The standard InChI is InChI=1S/C19H25N3O3/c1-12-8-13(2)10-15(9-12)22-19(20)21-11-14-6-7-16(23-3)18(25-5)17(14)24-4/h6-10H,11H2,1-5H3,(H3,20,21,22). The number of nitrogens with two attached hydrogens (primary N) is 1. The number of aryl methyl sites for hydroxylation is 2. The van der Waals surface area contributed by atoms with Gasteiger partial charge in [0.15, 0.2) is 17.5 Å². The molecule has 2 rings (SSSR count). The molecule has 6 heteroatoms. The molecule has 0 fully saturated rings. The summed E-state index contributed by atoms with van der Waals surface area (Å²) in [4.78, 5) is 4.40. The van der Waals surface area contributed by atoms with E-state index >= 15 is 0 Å². The summed E-state index contributed by atoms with van der Waals surface area (Å²) in [6.45, 7) is 4.44. The first-order chi connectivity index (χ1) is 12.0. The molecule has 0 spiro atoms. The summed E-state index contributed by atoms with van der Waals surface area (Å²) in [6.07, 6.45) is 0. The number of benzene rings is 2. The van der Waals surface area contributed by atoms with Crippen molar-refractivity contribution in [3.05, 3.63) is 47.0 Å². The van der Waals surface area contributed by atoms with Gasteiger partial charge in [0.25, 0.3) is 0 Å². The zero-order valence-electron chi connectivity index (χ0n) is 15.3. The van der Waals surface area contributed by atoms with Gasteiger partial charge in [-0.05, 0) is 49.2 Å². The van der Waals surface area contributed by atoms with E-state index in [1.807, 2.05) is 38.1 Å². The van der Waals surface area contributed by atoms with Gasteiger partial charge in [0.1, 0.15) is 0 Å². The van der Waals surface area contributed by atoms with Crippen LogP contribution in [0.4, 0.5) is 5.69 Å². The summed E-state index contributed by atoms with van der Waals surface area (Å²) in [5, 5.41) is 3.11. The van der Waals surface area contributed by atoms with Gasteiger partial charge in [-0.2, -0.15) is 0 Å². The first kappa shape index (κ1) is 18.4. The summed E-state index contributed by atoms with van der Waals surface area (Å²) in [5.74, 6) is 2.07. The molecule has 0 radical (unpaired) electrons. The van der Waals surface area contributed by atoms with Gasteiger partial charge in [0, 0.05) is 11.3 Å². The Labute approximate surface area is 148 Å². The van der Waals surface area contributed by atoms with Crippen molar-refractivity contribution in [2.75, 3.05) is 26.6 Å². The molecule has 0 aliphatic heterocycles. The predicted molar refractivity (Wildman–Crippen MR) is 101 cm³/mol. The Morgan fingerprint density at radius 2 is 1.60 bits per heavy atom. The second-order valence-electron chi connectivity index (χ2n) is 5.70. The van der Waals surface area contributed by atoms with Crippen molar-refractivity contribution < 1.29 is 14.2 Å². The highest BCUT2D eigenvalue weighted by Crippen LogP contribution is 2.39. The summed E-state index contributed by atoms with van der Waals surface area (Å²) >= 11 is 0. The number of rotatable bonds is 6. The molecule has 0 bridgehead atoms. The Hall–Kier alpha value is -2.89. The minimum atomic E-state index is 0.335. The molecule has 25 heavy (non-hydrogen) atoms. The molecular formula is C19H25N3O3. The zero-order chi connectivity index (χ0) is 18.4. The van der Waals surface area contributed by atoms with Crippen LogP contribution < -0.4 is 25.3 Å². The minimum Gasteiger partial charge on any atom is -0.493 e. The lowest BCUT2D eigenvalue weighted by atomic mass is 10.1. The third-order valence-corrected chi connectivity index (χ3v) is 3.70. The highest BCUT2D eigenvalue weighted by molar-refractivity contribution is 5.92. The monoisotopic (exact) mass is 343 g/mol. The second kappa shape index (κ2) is 8.28. The molecule has 2 aromatic carbocycles. The van der Waals surface area contributed by atoms with E-state index in [1.165, 1.54) is 0 Å². The van der Waals surface area contributed by atoms with E-state index in [-0.39, 0.29) is 0 Å². The Balaban J connectivity index is 2.20. The fraction of sp³-hybridized carbons (Fsp3) is 0.316. The number of hydrogen-bond donors (Lipinski definition) is 2. The fourth-order valence-electron chi connectivity index (χ4n) is 2.69. The van der Waals surface area contributed by atoms with Gasteiger partial charge in [-0.3, -0.25) is 0 Å². The van der Waals surface area contributed by atoms with Crippen LogP contribution in [0, 0.1) is 13.8 Å². The number of aliphatic imine (C=N–C) groups is 1. The number of nitrogens with one attached hydrogen (secondary N) is 1. The Morgan fingerprint density at radius 1 is 0.960 bits per heavy atom. The zero-order valence-corrected chi connectivity index (χ0v) is 15.3. The van der Waals surface area contributed by atoms with Crippen LogP contribution in [-0.4, -0.2) is 27.3 Å². The first-order valence-corrected chi connectivity index (χ1v) is 7.91. The smallest absolute Gasteiger partial charge is 0.203 e. The van der Waals surface area contributed by atoms with Crippen molar-refractivity contribution in [2.24, 2.45) is 10.7 Å². The van der Waals surface area contributed by atoms with Crippen molar-refractivity contribution in [3.63, 3.8) is 0 Å². The van der Waals surface area contributed by atoms with E-state index in [4.69, 9.17) is 19.9 Å². The highest BCUT2D eigenvalue weighted by Gasteiger charge is 2.15. The molecule has 0 aromatic heterocycles. The molecule has 6 nitrogen and oxygen atoms in total. The average molecular weight is 343 g/mol. The van der Waals surface area contributed by atoms with E-state index in [0.717, 1.165) is 22.4 Å². The molecule has 3 N–H and O–H groups in total. The van der Waals surface area contributed by atoms with Gasteiger partial charge in [0.05, 0.1) is 27.9 Å². The van der Waals surface area contributed by atoms with Crippen molar-refractivity contribution in [1.29, 1.82) is 0 Å². The Kier molecular flexibility index (Phi) is 6.11. The third-order valence-electron chi connectivity index (χ3n) is 3.70. The topological polar surface area (TPSA) is 78.1 Å². The lowest BCUT2D eigenvalue weighted by Crippen LogP contribution is -2.22. The minimum absolute atomic E-state index is 0.335. The first-order valence-electron chi connectivity index (χ1n) is 7.91. The lowest BCUT2D eigenvalue weighted by molar-refractivity contribution is 0.322. The van der Waals surface area contributed by atoms with Crippen LogP contribution in [0.5, 0.6) is 17.2 Å². The van der Waals surface area contributed by atoms with Gasteiger partial charge in [-0.1, -0.05) is 6.07 Å².